The van der Waals surface area contributed by atoms with Crippen molar-refractivity contribution in [2.75, 3.05) is 6.54 Å². The molecule has 0 saturated heterocycles. The van der Waals surface area contributed by atoms with Gasteiger partial charge in [-0.15, -0.1) is 0 Å². The van der Waals surface area contributed by atoms with Gasteiger partial charge in [0.1, 0.15) is 6.54 Å². The summed E-state index contributed by atoms with van der Waals surface area (Å²) < 4.78 is 26.2. The molecule has 0 saturated carbocycles. The topological polar surface area (TPSA) is 74.7 Å². The molecule has 0 radical (unpaired) electrons. The highest BCUT2D eigenvalue weighted by Crippen LogP contribution is 2.27. The summed E-state index contributed by atoms with van der Waals surface area (Å²) in [5.74, 6) is -1.21. The smallest absolute Gasteiger partial charge is 0.318 e. The SMILES string of the molecule is CC(C)N(CC(=O)O)S(=O)(=O)c1ccc(Br)c(Cl)c1. The Labute approximate surface area is 125 Å². The summed E-state index contributed by atoms with van der Waals surface area (Å²) in [4.78, 5) is 10.7. The van der Waals surface area contributed by atoms with E-state index in [-0.39, 0.29) is 9.92 Å². The van der Waals surface area contributed by atoms with Gasteiger partial charge in [0.05, 0.1) is 9.92 Å². The molecule has 1 aromatic carbocycles. The van der Waals surface area contributed by atoms with Crippen LogP contribution in [0.4, 0.5) is 0 Å². The molecule has 0 fully saturated rings. The highest BCUT2D eigenvalue weighted by Gasteiger charge is 2.29. The van der Waals surface area contributed by atoms with Gasteiger partial charge in [-0.05, 0) is 48.0 Å². The molecule has 1 aromatic rings. The molecule has 106 valence electrons. The predicted octanol–water partition coefficient (Wildman–Crippen LogP) is 2.59. The maximum Gasteiger partial charge on any atom is 0.318 e. The normalized spacial score (nSPS) is 12.1. The molecular weight excluding hydrogens is 358 g/mol. The van der Waals surface area contributed by atoms with Gasteiger partial charge in [-0.2, -0.15) is 4.31 Å². The minimum Gasteiger partial charge on any atom is -0.480 e. The first-order valence-electron chi connectivity index (χ1n) is 5.35. The maximum atomic E-state index is 12.4. The third kappa shape index (κ3) is 3.92. The average molecular weight is 371 g/mol. The van der Waals surface area contributed by atoms with E-state index >= 15 is 0 Å². The lowest BCUT2D eigenvalue weighted by molar-refractivity contribution is -0.137. The molecule has 0 spiro atoms. The first-order valence-corrected chi connectivity index (χ1v) is 7.96. The van der Waals surface area contributed by atoms with Crippen molar-refractivity contribution in [3.63, 3.8) is 0 Å². The molecule has 1 N–H and O–H groups in total. The van der Waals surface area contributed by atoms with Crippen molar-refractivity contribution in [3.05, 3.63) is 27.7 Å². The van der Waals surface area contributed by atoms with Gasteiger partial charge in [-0.25, -0.2) is 8.42 Å². The Morgan fingerprint density at radius 2 is 2.05 bits per heavy atom. The number of halogens is 2. The minimum absolute atomic E-state index is 0.0318. The molecule has 0 aliphatic carbocycles. The van der Waals surface area contributed by atoms with E-state index in [0.29, 0.717) is 4.47 Å². The van der Waals surface area contributed by atoms with Crippen molar-refractivity contribution in [1.82, 2.24) is 4.31 Å². The van der Waals surface area contributed by atoms with Crippen LogP contribution < -0.4 is 0 Å². The quantitative estimate of drug-likeness (QED) is 0.864. The van der Waals surface area contributed by atoms with E-state index in [1.54, 1.807) is 13.8 Å². The lowest BCUT2D eigenvalue weighted by Crippen LogP contribution is -2.40. The Balaban J connectivity index is 3.26. The van der Waals surface area contributed by atoms with Crippen LogP contribution in [0.25, 0.3) is 0 Å². The number of rotatable bonds is 5. The maximum absolute atomic E-state index is 12.4. The summed E-state index contributed by atoms with van der Waals surface area (Å²) in [6.45, 7) is 2.63. The van der Waals surface area contributed by atoms with Crippen LogP contribution in [0.3, 0.4) is 0 Å². The lowest BCUT2D eigenvalue weighted by atomic mass is 10.4. The summed E-state index contributed by atoms with van der Waals surface area (Å²) in [6, 6.07) is 3.71. The lowest BCUT2D eigenvalue weighted by Gasteiger charge is -2.24. The number of carboxylic acids is 1. The monoisotopic (exact) mass is 369 g/mol. The second kappa shape index (κ2) is 6.21. The van der Waals surface area contributed by atoms with Gasteiger partial charge in [0.25, 0.3) is 0 Å². The van der Waals surface area contributed by atoms with Crippen LogP contribution in [0.5, 0.6) is 0 Å². The fraction of sp³-hybridized carbons (Fsp3) is 0.364. The fourth-order valence-electron chi connectivity index (χ4n) is 1.45. The van der Waals surface area contributed by atoms with E-state index in [9.17, 15) is 13.2 Å². The summed E-state index contributed by atoms with van der Waals surface area (Å²) in [7, 11) is -3.89. The first kappa shape index (κ1) is 16.4. The molecule has 0 aliphatic heterocycles. The van der Waals surface area contributed by atoms with E-state index in [4.69, 9.17) is 16.7 Å². The molecule has 0 unspecified atom stereocenters. The van der Waals surface area contributed by atoms with E-state index in [0.717, 1.165) is 4.31 Å². The number of sulfonamides is 1. The second-order valence-electron chi connectivity index (χ2n) is 4.11. The predicted molar refractivity (Wildman–Crippen MR) is 75.8 cm³/mol. The van der Waals surface area contributed by atoms with Gasteiger partial charge in [0.15, 0.2) is 0 Å². The zero-order valence-corrected chi connectivity index (χ0v) is 13.5. The molecular formula is C11H13BrClNO4S. The van der Waals surface area contributed by atoms with Crippen molar-refractivity contribution in [2.24, 2.45) is 0 Å². The Morgan fingerprint density at radius 3 is 2.47 bits per heavy atom. The minimum atomic E-state index is -3.89. The standard InChI is InChI=1S/C11H13BrClNO4S/c1-7(2)14(6-11(15)16)19(17,18)8-3-4-9(12)10(13)5-8/h3-5,7H,6H2,1-2H3,(H,15,16). The molecule has 8 heteroatoms. The van der Waals surface area contributed by atoms with E-state index in [2.05, 4.69) is 15.9 Å². The summed E-state index contributed by atoms with van der Waals surface area (Å²) in [5.41, 5.74) is 0. The Morgan fingerprint density at radius 1 is 1.47 bits per heavy atom. The zero-order chi connectivity index (χ0) is 14.8. The molecule has 0 heterocycles. The second-order valence-corrected chi connectivity index (χ2v) is 7.27. The Hall–Kier alpha value is -0.630. The van der Waals surface area contributed by atoms with Crippen molar-refractivity contribution < 1.29 is 18.3 Å². The Kier molecular flexibility index (Phi) is 5.37. The largest absolute Gasteiger partial charge is 0.480 e. The molecule has 5 nitrogen and oxygen atoms in total. The highest BCUT2D eigenvalue weighted by atomic mass is 79.9. The third-order valence-corrected chi connectivity index (χ3v) is 5.62. The van der Waals surface area contributed by atoms with Crippen LogP contribution >= 0.6 is 27.5 Å². The average Bonchev–Trinajstić information content (AvgIpc) is 2.28. The summed E-state index contributed by atoms with van der Waals surface area (Å²) in [6.07, 6.45) is 0. The molecule has 0 aromatic heterocycles. The molecule has 0 amide bonds. The van der Waals surface area contributed by atoms with Gasteiger partial charge in [0, 0.05) is 10.5 Å². The number of carboxylic acid groups (broad SMARTS) is 1. The van der Waals surface area contributed by atoms with Crippen molar-refractivity contribution >= 4 is 43.5 Å². The van der Waals surface area contributed by atoms with Crippen molar-refractivity contribution in [2.45, 2.75) is 24.8 Å². The van der Waals surface area contributed by atoms with E-state index in [1.807, 2.05) is 0 Å². The van der Waals surface area contributed by atoms with Gasteiger partial charge >= 0.3 is 5.97 Å². The van der Waals surface area contributed by atoms with Gasteiger partial charge < -0.3 is 5.11 Å². The van der Waals surface area contributed by atoms with E-state index in [1.165, 1.54) is 18.2 Å². The van der Waals surface area contributed by atoms with Crippen LogP contribution in [0.2, 0.25) is 5.02 Å². The van der Waals surface area contributed by atoms with Crippen LogP contribution in [0.15, 0.2) is 27.6 Å². The summed E-state index contributed by atoms with van der Waals surface area (Å²) >= 11 is 9.03. The first-order chi connectivity index (χ1) is 8.66. The van der Waals surface area contributed by atoms with Crippen LogP contribution in [0.1, 0.15) is 13.8 Å². The highest BCUT2D eigenvalue weighted by molar-refractivity contribution is 9.10. The summed E-state index contributed by atoms with van der Waals surface area (Å²) in [5, 5.41) is 9.05. The van der Waals surface area contributed by atoms with E-state index < -0.39 is 28.6 Å². The van der Waals surface area contributed by atoms with Crippen molar-refractivity contribution in [1.29, 1.82) is 0 Å². The number of benzene rings is 1. The van der Waals surface area contributed by atoms with Crippen LogP contribution in [0, 0.1) is 0 Å². The molecule has 0 atom stereocenters. The number of aliphatic carboxylic acids is 1. The zero-order valence-electron chi connectivity index (χ0n) is 10.3. The van der Waals surface area contributed by atoms with Crippen LogP contribution in [-0.2, 0) is 14.8 Å². The molecule has 19 heavy (non-hydrogen) atoms. The van der Waals surface area contributed by atoms with Gasteiger partial charge in [-0.3, -0.25) is 4.79 Å². The van der Waals surface area contributed by atoms with Crippen molar-refractivity contribution in [3.8, 4) is 0 Å². The molecule has 1 rings (SSSR count). The fourth-order valence-corrected chi connectivity index (χ4v) is 3.56. The number of carbonyl (C=O) groups is 1. The number of nitrogens with zero attached hydrogens (tertiary/aromatic N) is 1. The number of hydrogen-bond acceptors (Lipinski definition) is 3. The van der Waals surface area contributed by atoms with Crippen LogP contribution in [-0.4, -0.2) is 36.4 Å². The molecule has 0 aliphatic rings. The number of hydrogen-bond donors (Lipinski definition) is 1. The van der Waals surface area contributed by atoms with Gasteiger partial charge in [0.2, 0.25) is 10.0 Å². The van der Waals surface area contributed by atoms with Gasteiger partial charge in [-0.1, -0.05) is 11.6 Å². The Bertz CT molecular complexity index is 588. The third-order valence-electron chi connectivity index (χ3n) is 2.36. The molecule has 0 bridgehead atoms.